The van der Waals surface area contributed by atoms with Gasteiger partial charge in [-0.3, -0.25) is 0 Å². The molecular weight excluding hydrogens is 187 g/mol. The summed E-state index contributed by atoms with van der Waals surface area (Å²) < 4.78 is -0.530. The molecule has 3 rings (SSSR count). The Hall–Kier alpha value is 0.670. The number of alkyl halides is 2. The van der Waals surface area contributed by atoms with E-state index < -0.39 is 3.67 Å². The van der Waals surface area contributed by atoms with Gasteiger partial charge in [0.05, 0.1) is 0 Å². The maximum absolute atomic E-state index is 6.05. The molecule has 0 aromatic carbocycles. The van der Waals surface area contributed by atoms with Crippen molar-refractivity contribution in [1.82, 2.24) is 0 Å². The van der Waals surface area contributed by atoms with Gasteiger partial charge in [0.25, 0.3) is 0 Å². The van der Waals surface area contributed by atoms with Crippen LogP contribution in [-0.4, -0.2) is 8.92 Å². The minimum atomic E-state index is -0.530. The van der Waals surface area contributed by atoms with Crippen LogP contribution in [0.1, 0.15) is 12.8 Å². The van der Waals surface area contributed by atoms with Crippen LogP contribution in [0.25, 0.3) is 0 Å². The molecule has 0 saturated carbocycles. The molecule has 1 aliphatic carbocycles. The summed E-state index contributed by atoms with van der Waals surface area (Å²) in [5, 5.41) is 0.569. The quantitative estimate of drug-likeness (QED) is 0.422. The lowest BCUT2D eigenvalue weighted by molar-refractivity contribution is 0.534. The number of thioether (sulfide) groups is 1. The third kappa shape index (κ3) is 1.09. The summed E-state index contributed by atoms with van der Waals surface area (Å²) in [4.78, 5) is 0. The first-order chi connectivity index (χ1) is 4.68. The van der Waals surface area contributed by atoms with E-state index in [9.17, 15) is 0 Å². The molecule has 2 unspecified atom stereocenters. The Morgan fingerprint density at radius 2 is 2.10 bits per heavy atom. The SMILES string of the molecule is ClC1(Cl)SC2C=CC1CC2. The van der Waals surface area contributed by atoms with Crippen molar-refractivity contribution in [2.75, 3.05) is 0 Å². The van der Waals surface area contributed by atoms with Crippen LogP contribution in [0.2, 0.25) is 0 Å². The number of rotatable bonds is 0. The first-order valence-electron chi connectivity index (χ1n) is 3.42. The molecule has 1 fully saturated rings. The molecule has 0 aromatic heterocycles. The van der Waals surface area contributed by atoms with Crippen molar-refractivity contribution in [2.45, 2.75) is 21.8 Å². The normalized spacial score (nSPS) is 42.2. The molecule has 3 heteroatoms. The topological polar surface area (TPSA) is 0 Å². The Kier molecular flexibility index (Phi) is 1.71. The third-order valence-electron chi connectivity index (χ3n) is 2.06. The molecule has 10 heavy (non-hydrogen) atoms. The van der Waals surface area contributed by atoms with Crippen LogP contribution in [0, 0.1) is 5.92 Å². The Morgan fingerprint density at radius 3 is 2.30 bits per heavy atom. The Bertz CT molecular complexity index is 176. The number of hydrogen-bond acceptors (Lipinski definition) is 1. The van der Waals surface area contributed by atoms with Crippen LogP contribution < -0.4 is 0 Å². The Labute approximate surface area is 75.0 Å². The van der Waals surface area contributed by atoms with E-state index in [-0.39, 0.29) is 0 Å². The largest absolute Gasteiger partial charge is 0.170 e. The van der Waals surface area contributed by atoms with Crippen LogP contribution in [0.4, 0.5) is 0 Å². The summed E-state index contributed by atoms with van der Waals surface area (Å²) >= 11 is 13.8. The van der Waals surface area contributed by atoms with Crippen LogP contribution in [0.15, 0.2) is 12.2 Å². The zero-order chi connectivity index (χ0) is 7.19. The molecule has 0 spiro atoms. The predicted molar refractivity (Wildman–Crippen MR) is 47.7 cm³/mol. The summed E-state index contributed by atoms with van der Waals surface area (Å²) in [7, 11) is 0. The lowest BCUT2D eigenvalue weighted by Crippen LogP contribution is -2.32. The Morgan fingerprint density at radius 1 is 1.30 bits per heavy atom. The van der Waals surface area contributed by atoms with Gasteiger partial charge in [0, 0.05) is 11.2 Å². The maximum Gasteiger partial charge on any atom is 0.170 e. The molecule has 0 amide bonds. The van der Waals surface area contributed by atoms with Crippen LogP contribution in [0.5, 0.6) is 0 Å². The van der Waals surface area contributed by atoms with E-state index in [1.54, 1.807) is 11.8 Å². The summed E-state index contributed by atoms with van der Waals surface area (Å²) in [6.45, 7) is 0. The molecular formula is C7H8Cl2S. The van der Waals surface area contributed by atoms with Crippen LogP contribution in [0.3, 0.4) is 0 Å². The summed E-state index contributed by atoms with van der Waals surface area (Å²) in [5.74, 6) is 0.380. The van der Waals surface area contributed by atoms with Gasteiger partial charge in [0.2, 0.25) is 0 Å². The first-order valence-corrected chi connectivity index (χ1v) is 5.06. The molecule has 2 atom stereocenters. The maximum atomic E-state index is 6.05. The molecule has 2 aliphatic heterocycles. The monoisotopic (exact) mass is 194 g/mol. The van der Waals surface area contributed by atoms with Gasteiger partial charge < -0.3 is 0 Å². The molecule has 0 N–H and O–H groups in total. The predicted octanol–water partition coefficient (Wildman–Crippen LogP) is 3.20. The smallest absolute Gasteiger partial charge is 0.115 e. The molecule has 0 nitrogen and oxygen atoms in total. The highest BCUT2D eigenvalue weighted by molar-refractivity contribution is 8.04. The van der Waals surface area contributed by atoms with E-state index in [4.69, 9.17) is 23.2 Å². The van der Waals surface area contributed by atoms with Gasteiger partial charge >= 0.3 is 0 Å². The molecule has 2 heterocycles. The van der Waals surface area contributed by atoms with E-state index in [0.29, 0.717) is 11.2 Å². The molecule has 1 saturated heterocycles. The van der Waals surface area contributed by atoms with Crippen molar-refractivity contribution in [2.24, 2.45) is 5.92 Å². The zero-order valence-corrected chi connectivity index (χ0v) is 7.72. The van der Waals surface area contributed by atoms with E-state index in [1.807, 2.05) is 0 Å². The van der Waals surface area contributed by atoms with Gasteiger partial charge in [-0.25, -0.2) is 0 Å². The van der Waals surface area contributed by atoms with Gasteiger partial charge in [0.1, 0.15) is 0 Å². The summed E-state index contributed by atoms with van der Waals surface area (Å²) in [5.41, 5.74) is 0. The lowest BCUT2D eigenvalue weighted by Gasteiger charge is -2.39. The number of allylic oxidation sites excluding steroid dienone is 1. The van der Waals surface area contributed by atoms with Crippen molar-refractivity contribution in [3.8, 4) is 0 Å². The van der Waals surface area contributed by atoms with E-state index in [2.05, 4.69) is 12.2 Å². The fraction of sp³-hybridized carbons (Fsp3) is 0.714. The average molecular weight is 195 g/mol. The highest BCUT2D eigenvalue weighted by Crippen LogP contribution is 2.54. The molecule has 2 bridgehead atoms. The third-order valence-corrected chi connectivity index (χ3v) is 4.47. The average Bonchev–Trinajstić information content (AvgIpc) is 1.87. The molecule has 3 aliphatic rings. The van der Waals surface area contributed by atoms with E-state index >= 15 is 0 Å². The van der Waals surface area contributed by atoms with Crippen molar-refractivity contribution >= 4 is 35.0 Å². The van der Waals surface area contributed by atoms with Gasteiger partial charge in [-0.2, -0.15) is 0 Å². The van der Waals surface area contributed by atoms with Crippen molar-refractivity contribution < 1.29 is 0 Å². The number of fused-ring (bicyclic) bond motifs is 2. The van der Waals surface area contributed by atoms with Crippen molar-refractivity contribution in [1.29, 1.82) is 0 Å². The standard InChI is InChI=1S/C7H8Cl2S/c8-7(9)5-1-3-6(10-7)4-2-5/h1,3,5-6H,2,4H2. The number of halogens is 2. The highest BCUT2D eigenvalue weighted by Gasteiger charge is 2.42. The van der Waals surface area contributed by atoms with E-state index in [1.165, 1.54) is 6.42 Å². The zero-order valence-electron chi connectivity index (χ0n) is 5.39. The van der Waals surface area contributed by atoms with Crippen molar-refractivity contribution in [3.05, 3.63) is 12.2 Å². The second-order valence-electron chi connectivity index (χ2n) is 2.79. The summed E-state index contributed by atoms with van der Waals surface area (Å²) in [6, 6.07) is 0. The fourth-order valence-electron chi connectivity index (χ4n) is 1.46. The van der Waals surface area contributed by atoms with E-state index in [0.717, 1.165) is 6.42 Å². The first kappa shape index (κ1) is 7.33. The van der Waals surface area contributed by atoms with Crippen LogP contribution in [-0.2, 0) is 0 Å². The van der Waals surface area contributed by atoms with Crippen LogP contribution >= 0.6 is 35.0 Å². The van der Waals surface area contributed by atoms with Gasteiger partial charge in [0.15, 0.2) is 3.67 Å². The minimum Gasteiger partial charge on any atom is -0.115 e. The molecule has 56 valence electrons. The second-order valence-corrected chi connectivity index (χ2v) is 6.11. The molecule has 0 aromatic rings. The fourth-order valence-corrected chi connectivity index (χ4v) is 3.71. The number of hydrogen-bond donors (Lipinski definition) is 0. The Balaban J connectivity index is 2.27. The second kappa shape index (κ2) is 2.33. The minimum absolute atomic E-state index is 0.380. The van der Waals surface area contributed by atoms with Gasteiger partial charge in [-0.15, -0.1) is 11.8 Å². The van der Waals surface area contributed by atoms with Crippen molar-refractivity contribution in [3.63, 3.8) is 0 Å². The van der Waals surface area contributed by atoms with Gasteiger partial charge in [-0.1, -0.05) is 35.4 Å². The lowest BCUT2D eigenvalue weighted by atomic mass is 9.96. The molecule has 0 radical (unpaired) electrons. The van der Waals surface area contributed by atoms with Gasteiger partial charge in [-0.05, 0) is 12.8 Å². The highest BCUT2D eigenvalue weighted by atomic mass is 35.5. The summed E-state index contributed by atoms with van der Waals surface area (Å²) in [6.07, 6.45) is 6.78.